The van der Waals surface area contributed by atoms with Gasteiger partial charge in [0.25, 0.3) is 0 Å². The fraction of sp³-hybridized carbons (Fsp3) is 0.706. The van der Waals surface area contributed by atoms with Gasteiger partial charge in [-0.3, -0.25) is 15.1 Å². The third-order valence-electron chi connectivity index (χ3n) is 5.71. The molecular weight excluding hydrogens is 325 g/mol. The van der Waals surface area contributed by atoms with Gasteiger partial charge in [0.05, 0.1) is 17.7 Å². The molecule has 25 heavy (non-hydrogen) atoms. The van der Waals surface area contributed by atoms with Crippen molar-refractivity contribution < 1.29 is 13.9 Å². The van der Waals surface area contributed by atoms with E-state index in [4.69, 9.17) is 10.1 Å². The number of fused-ring (bicyclic) bond motifs is 1. The molecule has 1 aliphatic carbocycles. The number of halogens is 1. The number of nitrogens with zero attached hydrogens (tertiary/aromatic N) is 3. The maximum absolute atomic E-state index is 14.7. The van der Waals surface area contributed by atoms with Crippen LogP contribution in [0, 0.1) is 17.2 Å². The lowest BCUT2D eigenvalue weighted by molar-refractivity contribution is -0.131. The Morgan fingerprint density at radius 1 is 1.44 bits per heavy atom. The van der Waals surface area contributed by atoms with Crippen LogP contribution in [0.4, 0.5) is 4.39 Å². The molecule has 2 unspecified atom stereocenters. The minimum Gasteiger partial charge on any atom is -0.371 e. The number of likely N-dealkylation sites (tertiary alicyclic amines) is 1. The summed E-state index contributed by atoms with van der Waals surface area (Å²) in [4.78, 5) is 20.1. The molecule has 4 atom stereocenters. The maximum Gasteiger partial charge on any atom is 0.236 e. The van der Waals surface area contributed by atoms with Gasteiger partial charge in [-0.05, 0) is 26.2 Å². The summed E-state index contributed by atoms with van der Waals surface area (Å²) in [7, 11) is 3.13. The number of hydrogen-bond donors (Lipinski definition) is 2. The van der Waals surface area contributed by atoms with Crippen LogP contribution in [0.1, 0.15) is 27.2 Å². The van der Waals surface area contributed by atoms with Crippen molar-refractivity contribution in [2.75, 3.05) is 27.2 Å². The molecule has 0 aromatic carbocycles. The molecular formula is C17H26FN5O2. The van der Waals surface area contributed by atoms with Crippen LogP contribution >= 0.6 is 0 Å². The number of carbonyl (C=O) groups excluding carboxylic acids is 1. The summed E-state index contributed by atoms with van der Waals surface area (Å²) in [5.41, 5.74) is -0.495. The summed E-state index contributed by atoms with van der Waals surface area (Å²) in [6, 6.07) is -0.107. The van der Waals surface area contributed by atoms with Crippen molar-refractivity contribution >= 4 is 17.7 Å². The zero-order chi connectivity index (χ0) is 18.5. The van der Waals surface area contributed by atoms with Crippen molar-refractivity contribution in [3.63, 3.8) is 0 Å². The Bertz CT molecular complexity index is 672. The predicted octanol–water partition coefficient (Wildman–Crippen LogP) is 1.33. The third kappa shape index (κ3) is 2.82. The number of carbonyl (C=O) groups is 1. The zero-order valence-corrected chi connectivity index (χ0v) is 15.4. The van der Waals surface area contributed by atoms with Crippen LogP contribution in [0.15, 0.2) is 16.5 Å². The van der Waals surface area contributed by atoms with E-state index in [1.54, 1.807) is 14.0 Å². The van der Waals surface area contributed by atoms with Crippen LogP contribution in [0.25, 0.3) is 0 Å². The number of amides is 1. The lowest BCUT2D eigenvalue weighted by Gasteiger charge is -2.32. The van der Waals surface area contributed by atoms with E-state index in [2.05, 4.69) is 10.3 Å². The summed E-state index contributed by atoms with van der Waals surface area (Å²) < 4.78 is 20.1. The SMILES string of the molecule is COC1(/C(F)=C(C)\N=C(/C)N2C[C@@H]3NC(=N)N(C)C(=O)[C@@H]3C2)CC1C. The maximum atomic E-state index is 14.7. The predicted molar refractivity (Wildman–Crippen MR) is 92.9 cm³/mol. The van der Waals surface area contributed by atoms with Gasteiger partial charge in [-0.15, -0.1) is 0 Å². The third-order valence-corrected chi connectivity index (χ3v) is 5.71. The van der Waals surface area contributed by atoms with Crippen molar-refractivity contribution in [3.05, 3.63) is 11.5 Å². The minimum atomic E-state index is -0.817. The number of nitrogens with one attached hydrogen (secondary N) is 2. The molecule has 3 rings (SSSR count). The monoisotopic (exact) mass is 351 g/mol. The molecule has 2 aliphatic heterocycles. The Kier molecular flexibility index (Phi) is 4.35. The van der Waals surface area contributed by atoms with Gasteiger partial charge in [0.1, 0.15) is 11.4 Å². The molecule has 0 radical (unpaired) electrons. The molecule has 7 nitrogen and oxygen atoms in total. The number of rotatable bonds is 3. The number of guanidine groups is 1. The molecule has 8 heteroatoms. The number of ether oxygens (including phenoxy) is 1. The van der Waals surface area contributed by atoms with Gasteiger partial charge >= 0.3 is 0 Å². The quantitative estimate of drug-likeness (QED) is 0.594. The van der Waals surface area contributed by atoms with E-state index >= 15 is 0 Å². The van der Waals surface area contributed by atoms with Gasteiger partial charge < -0.3 is 15.0 Å². The lowest BCUT2D eigenvalue weighted by atomic mass is 10.0. The first kappa shape index (κ1) is 17.8. The van der Waals surface area contributed by atoms with E-state index < -0.39 is 5.60 Å². The fourth-order valence-corrected chi connectivity index (χ4v) is 3.84. The number of methoxy groups -OCH3 is 1. The Morgan fingerprint density at radius 3 is 2.64 bits per heavy atom. The molecule has 0 aromatic rings. The van der Waals surface area contributed by atoms with Crippen LogP contribution in [-0.4, -0.2) is 66.4 Å². The number of allylic oxidation sites excluding steroid dienone is 1. The van der Waals surface area contributed by atoms with E-state index in [1.165, 1.54) is 12.0 Å². The van der Waals surface area contributed by atoms with Crippen molar-refractivity contribution in [1.29, 1.82) is 5.41 Å². The van der Waals surface area contributed by atoms with Gasteiger partial charge in [-0.25, -0.2) is 9.38 Å². The molecule has 0 spiro atoms. The van der Waals surface area contributed by atoms with Gasteiger partial charge in [-0.1, -0.05) is 6.92 Å². The standard InChI is InChI=1S/C17H26FN5O2/c1-9-6-17(9,25-5)14(18)10(2)20-11(3)23-7-12-13(8-23)21-16(19)22(4)15(12)24/h9,12-13H,6-8H2,1-5H3,(H2,19,21)/b14-10+,20-11+/t9?,12-,13+,17?/m1/s1. The van der Waals surface area contributed by atoms with Crippen LogP contribution in [-0.2, 0) is 9.53 Å². The topological polar surface area (TPSA) is 81.0 Å². The molecule has 1 saturated carbocycles. The summed E-state index contributed by atoms with van der Waals surface area (Å²) in [6.45, 7) is 6.53. The normalized spacial score (nSPS) is 36.2. The first-order valence-electron chi connectivity index (χ1n) is 8.56. The highest BCUT2D eigenvalue weighted by atomic mass is 19.1. The van der Waals surface area contributed by atoms with Crippen LogP contribution in [0.3, 0.4) is 0 Å². The molecule has 0 aromatic heterocycles. The van der Waals surface area contributed by atoms with E-state index in [0.717, 1.165) is 0 Å². The summed E-state index contributed by atoms with van der Waals surface area (Å²) in [5.74, 6) is 0.356. The second-order valence-corrected chi connectivity index (χ2v) is 7.27. The van der Waals surface area contributed by atoms with Gasteiger partial charge in [0, 0.05) is 27.2 Å². The molecule has 0 bridgehead atoms. The Hall–Kier alpha value is -1.96. The molecule has 2 N–H and O–H groups in total. The molecule has 1 amide bonds. The Labute approximate surface area is 147 Å². The summed E-state index contributed by atoms with van der Waals surface area (Å²) in [6.07, 6.45) is 0.669. The molecule has 2 heterocycles. The minimum absolute atomic E-state index is 0.0624. The summed E-state index contributed by atoms with van der Waals surface area (Å²) in [5, 5.41) is 10.9. The van der Waals surface area contributed by atoms with Gasteiger partial charge in [0.15, 0.2) is 11.8 Å². The average Bonchev–Trinajstić information content (AvgIpc) is 3.05. The number of aliphatic imine (C=N–C) groups is 1. The van der Waals surface area contributed by atoms with Crippen LogP contribution in [0.2, 0.25) is 0 Å². The average molecular weight is 351 g/mol. The van der Waals surface area contributed by atoms with Crippen molar-refractivity contribution in [2.24, 2.45) is 16.8 Å². The van der Waals surface area contributed by atoms with Gasteiger partial charge in [0.2, 0.25) is 5.91 Å². The largest absolute Gasteiger partial charge is 0.371 e. The molecule has 3 aliphatic rings. The Morgan fingerprint density at radius 2 is 2.08 bits per heavy atom. The number of hydrogen-bond acceptors (Lipinski definition) is 4. The van der Waals surface area contributed by atoms with E-state index in [9.17, 15) is 9.18 Å². The smallest absolute Gasteiger partial charge is 0.236 e. The first-order valence-corrected chi connectivity index (χ1v) is 8.56. The highest BCUT2D eigenvalue weighted by molar-refractivity contribution is 6.00. The second kappa shape index (κ2) is 6.09. The second-order valence-electron chi connectivity index (χ2n) is 7.27. The fourth-order valence-electron chi connectivity index (χ4n) is 3.84. The molecule has 2 saturated heterocycles. The van der Waals surface area contributed by atoms with E-state index in [0.29, 0.717) is 31.0 Å². The Balaban J connectivity index is 1.76. The first-order chi connectivity index (χ1) is 11.7. The van der Waals surface area contributed by atoms with Gasteiger partial charge in [-0.2, -0.15) is 0 Å². The highest BCUT2D eigenvalue weighted by Crippen LogP contribution is 2.52. The van der Waals surface area contributed by atoms with Crippen molar-refractivity contribution in [3.8, 4) is 0 Å². The zero-order valence-electron chi connectivity index (χ0n) is 15.4. The molecule has 3 fully saturated rings. The van der Waals surface area contributed by atoms with Crippen LogP contribution in [0.5, 0.6) is 0 Å². The van der Waals surface area contributed by atoms with E-state index in [-0.39, 0.29) is 35.6 Å². The molecule has 138 valence electrons. The van der Waals surface area contributed by atoms with Crippen molar-refractivity contribution in [2.45, 2.75) is 38.8 Å². The number of amidine groups is 1. The van der Waals surface area contributed by atoms with Crippen molar-refractivity contribution in [1.82, 2.24) is 15.1 Å². The summed E-state index contributed by atoms with van der Waals surface area (Å²) >= 11 is 0. The van der Waals surface area contributed by atoms with Crippen LogP contribution < -0.4 is 5.32 Å². The lowest BCUT2D eigenvalue weighted by Crippen LogP contribution is -2.58. The van der Waals surface area contributed by atoms with E-state index in [1.807, 2.05) is 18.7 Å². The highest BCUT2D eigenvalue weighted by Gasteiger charge is 2.56.